The number of likely N-dealkylation sites (N-methyl/N-ethyl adjacent to an activating group) is 1. The van der Waals surface area contributed by atoms with E-state index in [1.807, 2.05) is 0 Å². The molecule has 104 valence electrons. The van der Waals surface area contributed by atoms with Gasteiger partial charge in [-0.1, -0.05) is 0 Å². The standard InChI is InChI=1S/C12H15BrN2O4/c1-4-19-12(16)7-14(3)11-5-8(2)10(15(17)18)6-9(11)13/h5-6H,4,7H2,1-3H3. The van der Waals surface area contributed by atoms with Gasteiger partial charge in [0, 0.05) is 23.2 Å². The van der Waals surface area contributed by atoms with Gasteiger partial charge in [-0.15, -0.1) is 0 Å². The van der Waals surface area contributed by atoms with Crippen molar-refractivity contribution in [1.29, 1.82) is 0 Å². The van der Waals surface area contributed by atoms with Gasteiger partial charge in [-0.25, -0.2) is 0 Å². The number of esters is 1. The molecule has 0 aromatic heterocycles. The normalized spacial score (nSPS) is 10.1. The van der Waals surface area contributed by atoms with E-state index in [0.29, 0.717) is 22.3 Å². The second-order valence-electron chi connectivity index (χ2n) is 4.01. The van der Waals surface area contributed by atoms with Crippen LogP contribution in [0.15, 0.2) is 16.6 Å². The smallest absolute Gasteiger partial charge is 0.325 e. The van der Waals surface area contributed by atoms with E-state index in [1.54, 1.807) is 31.9 Å². The number of hydrogen-bond donors (Lipinski definition) is 0. The van der Waals surface area contributed by atoms with E-state index >= 15 is 0 Å². The molecule has 0 radical (unpaired) electrons. The first-order valence-electron chi connectivity index (χ1n) is 5.68. The Morgan fingerprint density at radius 1 is 1.53 bits per heavy atom. The summed E-state index contributed by atoms with van der Waals surface area (Å²) in [5, 5.41) is 10.8. The summed E-state index contributed by atoms with van der Waals surface area (Å²) in [5.74, 6) is -0.340. The van der Waals surface area contributed by atoms with Crippen molar-refractivity contribution in [3.05, 3.63) is 32.3 Å². The lowest BCUT2D eigenvalue weighted by molar-refractivity contribution is -0.385. The summed E-state index contributed by atoms with van der Waals surface area (Å²) in [7, 11) is 1.72. The lowest BCUT2D eigenvalue weighted by Crippen LogP contribution is -2.27. The van der Waals surface area contributed by atoms with Gasteiger partial charge in [-0.05, 0) is 35.8 Å². The Morgan fingerprint density at radius 3 is 2.68 bits per heavy atom. The molecule has 0 bridgehead atoms. The average molecular weight is 331 g/mol. The zero-order valence-electron chi connectivity index (χ0n) is 11.0. The van der Waals surface area contributed by atoms with Crippen LogP contribution in [-0.2, 0) is 9.53 Å². The fourth-order valence-corrected chi connectivity index (χ4v) is 2.26. The van der Waals surface area contributed by atoms with Gasteiger partial charge in [0.15, 0.2) is 0 Å². The van der Waals surface area contributed by atoms with Crippen molar-refractivity contribution < 1.29 is 14.5 Å². The van der Waals surface area contributed by atoms with Crippen molar-refractivity contribution in [2.75, 3.05) is 25.1 Å². The number of carbonyl (C=O) groups excluding carboxylic acids is 1. The van der Waals surface area contributed by atoms with Crippen LogP contribution in [0.4, 0.5) is 11.4 Å². The van der Waals surface area contributed by atoms with E-state index in [0.717, 1.165) is 0 Å². The second-order valence-corrected chi connectivity index (χ2v) is 4.86. The number of halogens is 1. The van der Waals surface area contributed by atoms with Crippen LogP contribution in [0.2, 0.25) is 0 Å². The molecular weight excluding hydrogens is 316 g/mol. The third kappa shape index (κ3) is 3.92. The van der Waals surface area contributed by atoms with E-state index in [4.69, 9.17) is 4.74 Å². The van der Waals surface area contributed by atoms with Gasteiger partial charge in [0.25, 0.3) is 5.69 Å². The van der Waals surface area contributed by atoms with Crippen LogP contribution < -0.4 is 4.90 Å². The molecule has 0 aliphatic carbocycles. The first-order valence-corrected chi connectivity index (χ1v) is 6.47. The van der Waals surface area contributed by atoms with Gasteiger partial charge in [-0.2, -0.15) is 0 Å². The van der Waals surface area contributed by atoms with E-state index in [2.05, 4.69) is 15.9 Å². The molecule has 7 heteroatoms. The second kappa shape index (κ2) is 6.51. The molecule has 0 heterocycles. The molecule has 1 rings (SSSR count). The number of anilines is 1. The van der Waals surface area contributed by atoms with Crippen LogP contribution >= 0.6 is 15.9 Å². The summed E-state index contributed by atoms with van der Waals surface area (Å²) in [6.07, 6.45) is 0. The minimum Gasteiger partial charge on any atom is -0.465 e. The average Bonchev–Trinajstić information content (AvgIpc) is 2.31. The first kappa shape index (κ1) is 15.4. The van der Waals surface area contributed by atoms with Crippen LogP contribution in [-0.4, -0.2) is 31.1 Å². The number of nitro benzene ring substituents is 1. The number of carbonyl (C=O) groups is 1. The Morgan fingerprint density at radius 2 is 2.16 bits per heavy atom. The Labute approximate surface area is 119 Å². The molecule has 0 aliphatic heterocycles. The Kier molecular flexibility index (Phi) is 5.29. The van der Waals surface area contributed by atoms with Crippen molar-refractivity contribution in [1.82, 2.24) is 0 Å². The first-order chi connectivity index (χ1) is 8.86. The number of rotatable bonds is 5. The quantitative estimate of drug-likeness (QED) is 0.471. The highest BCUT2D eigenvalue weighted by molar-refractivity contribution is 9.10. The number of aryl methyl sites for hydroxylation is 1. The summed E-state index contributed by atoms with van der Waals surface area (Å²) < 4.78 is 5.43. The highest BCUT2D eigenvalue weighted by Crippen LogP contribution is 2.32. The number of ether oxygens (including phenoxy) is 1. The van der Waals surface area contributed by atoms with Gasteiger partial charge in [0.2, 0.25) is 0 Å². The third-order valence-electron chi connectivity index (χ3n) is 2.54. The van der Waals surface area contributed by atoms with Crippen molar-refractivity contribution in [2.45, 2.75) is 13.8 Å². The summed E-state index contributed by atoms with van der Waals surface area (Å²) >= 11 is 3.28. The maximum absolute atomic E-state index is 11.4. The minimum absolute atomic E-state index is 0.0418. The van der Waals surface area contributed by atoms with E-state index in [9.17, 15) is 14.9 Å². The zero-order chi connectivity index (χ0) is 14.6. The van der Waals surface area contributed by atoms with Crippen molar-refractivity contribution in [3.8, 4) is 0 Å². The van der Waals surface area contributed by atoms with Crippen molar-refractivity contribution in [2.24, 2.45) is 0 Å². The molecule has 6 nitrogen and oxygen atoms in total. The number of benzene rings is 1. The Hall–Kier alpha value is -1.63. The zero-order valence-corrected chi connectivity index (χ0v) is 12.6. The monoisotopic (exact) mass is 330 g/mol. The fourth-order valence-electron chi connectivity index (χ4n) is 1.63. The molecule has 1 aromatic carbocycles. The predicted octanol–water partition coefficient (Wildman–Crippen LogP) is 2.67. The molecule has 1 aromatic rings. The lowest BCUT2D eigenvalue weighted by Gasteiger charge is -2.20. The number of nitro groups is 1. The molecule has 19 heavy (non-hydrogen) atoms. The van der Waals surface area contributed by atoms with Crippen LogP contribution in [0.5, 0.6) is 0 Å². The Balaban J connectivity index is 2.98. The SMILES string of the molecule is CCOC(=O)CN(C)c1cc(C)c([N+](=O)[O-])cc1Br. The van der Waals surface area contributed by atoms with Crippen molar-refractivity contribution >= 4 is 33.3 Å². The molecule has 0 aliphatic rings. The maximum atomic E-state index is 11.4. The fraction of sp³-hybridized carbons (Fsp3) is 0.417. The molecule has 0 N–H and O–H groups in total. The number of hydrogen-bond acceptors (Lipinski definition) is 5. The van der Waals surface area contributed by atoms with E-state index in [-0.39, 0.29) is 18.2 Å². The van der Waals surface area contributed by atoms with E-state index < -0.39 is 4.92 Å². The van der Waals surface area contributed by atoms with Gasteiger partial charge in [0.1, 0.15) is 6.54 Å². The van der Waals surface area contributed by atoms with Gasteiger partial charge >= 0.3 is 5.97 Å². The molecule has 0 atom stereocenters. The molecular formula is C12H15BrN2O4. The van der Waals surface area contributed by atoms with Gasteiger partial charge < -0.3 is 9.64 Å². The lowest BCUT2D eigenvalue weighted by atomic mass is 10.1. The summed E-state index contributed by atoms with van der Waals surface area (Å²) in [6, 6.07) is 3.10. The molecule has 0 amide bonds. The molecule has 0 spiro atoms. The summed E-state index contributed by atoms with van der Waals surface area (Å²) in [5.41, 5.74) is 1.29. The minimum atomic E-state index is -0.435. The molecule has 0 saturated heterocycles. The Bertz CT molecular complexity index is 505. The maximum Gasteiger partial charge on any atom is 0.325 e. The van der Waals surface area contributed by atoms with Crippen molar-refractivity contribution in [3.63, 3.8) is 0 Å². The van der Waals surface area contributed by atoms with Crippen LogP contribution in [0.25, 0.3) is 0 Å². The largest absolute Gasteiger partial charge is 0.465 e. The summed E-state index contributed by atoms with van der Waals surface area (Å²) in [6.45, 7) is 3.81. The van der Waals surface area contributed by atoms with Crippen LogP contribution in [0, 0.1) is 17.0 Å². The molecule has 0 fully saturated rings. The van der Waals surface area contributed by atoms with Gasteiger partial charge in [-0.3, -0.25) is 14.9 Å². The number of nitrogens with zero attached hydrogens (tertiary/aromatic N) is 2. The van der Waals surface area contributed by atoms with Gasteiger partial charge in [0.05, 0.1) is 17.2 Å². The predicted molar refractivity (Wildman–Crippen MR) is 75.4 cm³/mol. The highest BCUT2D eigenvalue weighted by atomic mass is 79.9. The van der Waals surface area contributed by atoms with Crippen LogP contribution in [0.3, 0.4) is 0 Å². The molecule has 0 unspecified atom stereocenters. The van der Waals surface area contributed by atoms with Crippen LogP contribution in [0.1, 0.15) is 12.5 Å². The van der Waals surface area contributed by atoms with E-state index in [1.165, 1.54) is 6.07 Å². The third-order valence-corrected chi connectivity index (χ3v) is 3.18. The molecule has 0 saturated carbocycles. The topological polar surface area (TPSA) is 72.7 Å². The summed E-state index contributed by atoms with van der Waals surface area (Å²) in [4.78, 5) is 23.5. The highest BCUT2D eigenvalue weighted by Gasteiger charge is 2.17.